The summed E-state index contributed by atoms with van der Waals surface area (Å²) < 4.78 is 8.24. The summed E-state index contributed by atoms with van der Waals surface area (Å²) in [5, 5.41) is 16.4. The number of aliphatic hydroxyl groups excluding tert-OH is 1. The van der Waals surface area contributed by atoms with E-state index >= 15 is 0 Å². The number of nitrogens with one attached hydrogen (secondary N) is 1. The van der Waals surface area contributed by atoms with Crippen molar-refractivity contribution in [2.75, 3.05) is 6.61 Å². The van der Waals surface area contributed by atoms with Gasteiger partial charge in [0.25, 0.3) is 0 Å². The van der Waals surface area contributed by atoms with Crippen molar-refractivity contribution in [2.24, 2.45) is 7.05 Å². The maximum absolute atomic E-state index is 11.8. The van der Waals surface area contributed by atoms with E-state index in [2.05, 4.69) is 0 Å². The molecule has 0 spiro atoms. The van der Waals surface area contributed by atoms with Gasteiger partial charge in [-0.15, -0.1) is 0 Å². The third kappa shape index (κ3) is 1.81. The van der Waals surface area contributed by atoms with Crippen LogP contribution in [0, 0.1) is 5.41 Å². The van der Waals surface area contributed by atoms with Crippen LogP contribution in [-0.4, -0.2) is 27.0 Å². The predicted molar refractivity (Wildman–Crippen MR) is 55.8 cm³/mol. The SMILES string of the molecule is Cn1c(=N)ccn(C2CCC(CO)O2)c1=O. The Kier molecular flexibility index (Phi) is 2.93. The summed E-state index contributed by atoms with van der Waals surface area (Å²) >= 11 is 0. The summed E-state index contributed by atoms with van der Waals surface area (Å²) in [7, 11) is 1.56. The number of ether oxygens (including phenoxy) is 1. The van der Waals surface area contributed by atoms with Crippen LogP contribution in [0.3, 0.4) is 0 Å². The second-order valence-electron chi connectivity index (χ2n) is 3.92. The van der Waals surface area contributed by atoms with Crippen LogP contribution in [0.5, 0.6) is 0 Å². The summed E-state index contributed by atoms with van der Waals surface area (Å²) in [6, 6.07) is 1.55. The molecule has 6 nitrogen and oxygen atoms in total. The molecule has 0 aliphatic carbocycles. The number of hydrogen-bond donors (Lipinski definition) is 2. The topological polar surface area (TPSA) is 80.2 Å². The van der Waals surface area contributed by atoms with Crippen molar-refractivity contribution < 1.29 is 9.84 Å². The van der Waals surface area contributed by atoms with E-state index in [0.717, 1.165) is 6.42 Å². The van der Waals surface area contributed by atoms with E-state index in [1.165, 1.54) is 9.13 Å². The first-order valence-corrected chi connectivity index (χ1v) is 5.22. The molecule has 0 bridgehead atoms. The molecule has 0 aromatic carbocycles. The Morgan fingerprint density at radius 1 is 1.62 bits per heavy atom. The molecule has 1 aromatic rings. The van der Waals surface area contributed by atoms with Crippen molar-refractivity contribution in [2.45, 2.75) is 25.2 Å². The van der Waals surface area contributed by atoms with Crippen LogP contribution < -0.4 is 11.2 Å². The predicted octanol–water partition coefficient (Wildman–Crippen LogP) is -0.664. The van der Waals surface area contributed by atoms with Gasteiger partial charge in [0, 0.05) is 13.2 Å². The van der Waals surface area contributed by atoms with Gasteiger partial charge in [0.15, 0.2) is 0 Å². The van der Waals surface area contributed by atoms with E-state index in [9.17, 15) is 4.79 Å². The van der Waals surface area contributed by atoms with E-state index in [1.807, 2.05) is 0 Å². The molecule has 2 unspecified atom stereocenters. The molecule has 2 N–H and O–H groups in total. The number of rotatable bonds is 2. The lowest BCUT2D eigenvalue weighted by molar-refractivity contribution is -0.0251. The molecule has 2 heterocycles. The zero-order chi connectivity index (χ0) is 11.7. The lowest BCUT2D eigenvalue weighted by Crippen LogP contribution is -2.38. The maximum Gasteiger partial charge on any atom is 0.331 e. The molecule has 1 fully saturated rings. The first kappa shape index (κ1) is 11.1. The van der Waals surface area contributed by atoms with E-state index in [0.29, 0.717) is 6.42 Å². The minimum absolute atomic E-state index is 0.0199. The average molecular weight is 225 g/mol. The minimum Gasteiger partial charge on any atom is -0.394 e. The zero-order valence-electron chi connectivity index (χ0n) is 9.09. The molecule has 2 rings (SSSR count). The molecule has 1 aromatic heterocycles. The van der Waals surface area contributed by atoms with Crippen LogP contribution >= 0.6 is 0 Å². The Hall–Kier alpha value is -1.40. The fraction of sp³-hybridized carbons (Fsp3) is 0.600. The van der Waals surface area contributed by atoms with Crippen molar-refractivity contribution >= 4 is 0 Å². The van der Waals surface area contributed by atoms with Gasteiger partial charge in [-0.1, -0.05) is 0 Å². The number of nitrogens with zero attached hydrogens (tertiary/aromatic N) is 2. The van der Waals surface area contributed by atoms with Crippen molar-refractivity contribution in [3.63, 3.8) is 0 Å². The largest absolute Gasteiger partial charge is 0.394 e. The van der Waals surface area contributed by atoms with Crippen LogP contribution in [0.4, 0.5) is 0 Å². The fourth-order valence-electron chi connectivity index (χ4n) is 1.85. The first-order chi connectivity index (χ1) is 7.63. The molecule has 1 saturated heterocycles. The number of hydrogen-bond acceptors (Lipinski definition) is 4. The van der Waals surface area contributed by atoms with Gasteiger partial charge in [-0.2, -0.15) is 0 Å². The van der Waals surface area contributed by atoms with Crippen LogP contribution in [-0.2, 0) is 11.8 Å². The summed E-state index contributed by atoms with van der Waals surface area (Å²) in [5.41, 5.74) is -0.103. The Balaban J connectivity index is 2.33. The van der Waals surface area contributed by atoms with E-state index in [-0.39, 0.29) is 30.1 Å². The third-order valence-corrected chi connectivity index (χ3v) is 2.86. The summed E-state index contributed by atoms with van der Waals surface area (Å²) in [6.07, 6.45) is 2.52. The van der Waals surface area contributed by atoms with Gasteiger partial charge in [0.2, 0.25) is 0 Å². The Morgan fingerprint density at radius 3 is 3.00 bits per heavy atom. The molecular weight excluding hydrogens is 210 g/mol. The van der Waals surface area contributed by atoms with Crippen molar-refractivity contribution in [1.82, 2.24) is 9.13 Å². The van der Waals surface area contributed by atoms with Gasteiger partial charge >= 0.3 is 5.69 Å². The number of aliphatic hydroxyl groups is 1. The number of aromatic nitrogens is 2. The zero-order valence-corrected chi connectivity index (χ0v) is 9.09. The fourth-order valence-corrected chi connectivity index (χ4v) is 1.85. The van der Waals surface area contributed by atoms with Gasteiger partial charge in [0.1, 0.15) is 11.7 Å². The monoisotopic (exact) mass is 225 g/mol. The molecule has 1 aliphatic rings. The molecule has 0 radical (unpaired) electrons. The highest BCUT2D eigenvalue weighted by atomic mass is 16.5. The van der Waals surface area contributed by atoms with E-state index < -0.39 is 0 Å². The van der Waals surface area contributed by atoms with Crippen LogP contribution in [0.15, 0.2) is 17.1 Å². The van der Waals surface area contributed by atoms with Crippen molar-refractivity contribution in [1.29, 1.82) is 5.41 Å². The minimum atomic E-state index is -0.323. The second kappa shape index (κ2) is 4.23. The molecule has 1 aliphatic heterocycles. The average Bonchev–Trinajstić information content (AvgIpc) is 2.74. The Morgan fingerprint density at radius 2 is 2.38 bits per heavy atom. The lowest BCUT2D eigenvalue weighted by atomic mass is 10.2. The molecule has 0 saturated carbocycles. The van der Waals surface area contributed by atoms with Gasteiger partial charge in [-0.05, 0) is 18.9 Å². The Bertz CT molecular complexity index is 491. The van der Waals surface area contributed by atoms with Crippen LogP contribution in [0.25, 0.3) is 0 Å². The molecule has 0 amide bonds. The van der Waals surface area contributed by atoms with Crippen LogP contribution in [0.2, 0.25) is 0 Å². The van der Waals surface area contributed by atoms with Gasteiger partial charge < -0.3 is 9.84 Å². The highest BCUT2D eigenvalue weighted by Crippen LogP contribution is 2.26. The quantitative estimate of drug-likeness (QED) is 0.701. The molecule has 16 heavy (non-hydrogen) atoms. The maximum atomic E-state index is 11.8. The third-order valence-electron chi connectivity index (χ3n) is 2.86. The summed E-state index contributed by atoms with van der Waals surface area (Å²) in [6.45, 7) is -0.0199. The lowest BCUT2D eigenvalue weighted by Gasteiger charge is -2.15. The Labute approximate surface area is 92.2 Å². The standard InChI is InChI=1S/C10H15N3O3/c1-12-8(11)4-5-13(10(12)15)9-3-2-7(6-14)16-9/h4-5,7,9,11,14H,2-3,6H2,1H3. The molecular formula is C10H15N3O3. The molecule has 6 heteroatoms. The van der Waals surface area contributed by atoms with Gasteiger partial charge in [0.05, 0.1) is 12.7 Å². The van der Waals surface area contributed by atoms with Gasteiger partial charge in [-0.3, -0.25) is 14.5 Å². The highest BCUT2D eigenvalue weighted by Gasteiger charge is 2.26. The summed E-state index contributed by atoms with van der Waals surface area (Å²) in [5.74, 6) is 0. The summed E-state index contributed by atoms with van der Waals surface area (Å²) in [4.78, 5) is 11.8. The van der Waals surface area contributed by atoms with Crippen molar-refractivity contribution in [3.8, 4) is 0 Å². The normalized spacial score (nSPS) is 24.9. The molecule has 2 atom stereocenters. The van der Waals surface area contributed by atoms with Crippen molar-refractivity contribution in [3.05, 3.63) is 28.2 Å². The van der Waals surface area contributed by atoms with E-state index in [1.54, 1.807) is 19.3 Å². The second-order valence-corrected chi connectivity index (χ2v) is 3.92. The van der Waals surface area contributed by atoms with Gasteiger partial charge in [-0.25, -0.2) is 4.79 Å². The van der Waals surface area contributed by atoms with Crippen LogP contribution in [0.1, 0.15) is 19.1 Å². The van der Waals surface area contributed by atoms with E-state index in [4.69, 9.17) is 15.3 Å². The first-order valence-electron chi connectivity index (χ1n) is 5.22. The highest BCUT2D eigenvalue weighted by molar-refractivity contribution is 4.86. The molecule has 88 valence electrons. The smallest absolute Gasteiger partial charge is 0.331 e.